The molecule has 0 radical (unpaired) electrons. The van der Waals surface area contributed by atoms with Crippen molar-refractivity contribution in [3.05, 3.63) is 12.2 Å². The Morgan fingerprint density at radius 1 is 0.786 bits per heavy atom. The third-order valence-corrected chi connectivity index (χ3v) is 14.4. The molecule has 0 bridgehead atoms. The van der Waals surface area contributed by atoms with Gasteiger partial charge in [0.1, 0.15) is 6.61 Å². The van der Waals surface area contributed by atoms with Crippen LogP contribution in [0.25, 0.3) is 0 Å². The van der Waals surface area contributed by atoms with E-state index in [1.807, 2.05) is 0 Å². The van der Waals surface area contributed by atoms with Gasteiger partial charge in [-0.2, -0.15) is 0 Å². The lowest BCUT2D eigenvalue weighted by atomic mass is 9.99. The zero-order valence-corrected chi connectivity index (χ0v) is 19.8. The number of carbonyl (C=O) groups is 1. The van der Waals surface area contributed by atoms with Crippen molar-refractivity contribution in [3.8, 4) is 0 Å². The van der Waals surface area contributed by atoms with Crippen molar-refractivity contribution in [1.82, 2.24) is 0 Å². The van der Waals surface area contributed by atoms with Crippen LogP contribution in [0.3, 0.4) is 0 Å². The van der Waals surface area contributed by atoms with Crippen LogP contribution in [0.2, 0.25) is 0 Å². The van der Waals surface area contributed by atoms with Crippen LogP contribution < -0.4 is 12.4 Å². The van der Waals surface area contributed by atoms with Crippen molar-refractivity contribution in [3.63, 3.8) is 0 Å². The number of esters is 1. The summed E-state index contributed by atoms with van der Waals surface area (Å²) in [5.74, 6) is -0.177. The number of halogens is 1. The van der Waals surface area contributed by atoms with Crippen LogP contribution in [-0.4, -0.2) is 35.7 Å². The molecule has 0 heterocycles. The second kappa shape index (κ2) is 11.9. The summed E-state index contributed by atoms with van der Waals surface area (Å²) in [6.07, 6.45) is 23.0. The second-order valence-corrected chi connectivity index (χ2v) is 14.1. The van der Waals surface area contributed by atoms with Crippen molar-refractivity contribution in [2.24, 2.45) is 0 Å². The van der Waals surface area contributed by atoms with Crippen molar-refractivity contribution < 1.29 is 21.9 Å². The largest absolute Gasteiger partial charge is 1.00 e. The highest BCUT2D eigenvalue weighted by Gasteiger charge is 2.56. The Bertz CT molecular complexity index is 443. The lowest BCUT2D eigenvalue weighted by molar-refractivity contribution is -0.138. The Balaban J connectivity index is 0.00000280. The van der Waals surface area contributed by atoms with Gasteiger partial charge in [-0.05, 0) is 84.0 Å². The van der Waals surface area contributed by atoms with E-state index in [-0.39, 0.29) is 18.4 Å². The molecular weight excluding hydrogens is 387 g/mol. The Kier molecular flexibility index (Phi) is 10.3. The quantitative estimate of drug-likeness (QED) is 0.346. The number of ether oxygens (including phenoxy) is 1. The molecule has 3 fully saturated rings. The molecule has 0 aromatic heterocycles. The van der Waals surface area contributed by atoms with E-state index in [1.165, 1.54) is 102 Å². The third kappa shape index (κ3) is 5.75. The molecule has 0 spiro atoms. The number of rotatable bonds is 7. The maximum atomic E-state index is 12.0. The van der Waals surface area contributed by atoms with Crippen LogP contribution in [0, 0.1) is 0 Å². The molecule has 0 amide bonds. The van der Waals surface area contributed by atoms with Gasteiger partial charge in [-0.1, -0.05) is 25.8 Å². The van der Waals surface area contributed by atoms with Gasteiger partial charge in [0.05, 0.1) is 23.1 Å². The fourth-order valence-corrected chi connectivity index (χ4v) is 13.8. The average molecular weight is 429 g/mol. The highest BCUT2D eigenvalue weighted by Crippen LogP contribution is 2.77. The molecule has 4 heteroatoms. The summed E-state index contributed by atoms with van der Waals surface area (Å²) >= 11 is 0. The van der Waals surface area contributed by atoms with Crippen molar-refractivity contribution in [2.75, 3.05) is 12.8 Å². The molecule has 0 atom stereocenters. The average Bonchev–Trinajstić information content (AvgIpc) is 2.73. The van der Waals surface area contributed by atoms with Gasteiger partial charge < -0.3 is 17.1 Å². The first kappa shape index (κ1) is 24.2. The molecule has 3 rings (SSSR count). The summed E-state index contributed by atoms with van der Waals surface area (Å²) in [5, 5.41) is 0. The zero-order valence-electron chi connectivity index (χ0n) is 18.1. The van der Waals surface area contributed by atoms with E-state index < -0.39 is 7.26 Å². The van der Waals surface area contributed by atoms with Crippen molar-refractivity contribution in [2.45, 2.75) is 120 Å². The zero-order chi connectivity index (χ0) is 19.1. The molecule has 28 heavy (non-hydrogen) atoms. The summed E-state index contributed by atoms with van der Waals surface area (Å²) in [7, 11) is -1.12. The maximum Gasteiger partial charge on any atom is 0.333 e. The predicted octanol–water partition coefficient (Wildman–Crippen LogP) is 4.13. The molecule has 2 nitrogen and oxygen atoms in total. The Labute approximate surface area is 180 Å². The molecule has 0 unspecified atom stereocenters. The molecule has 162 valence electrons. The SMILES string of the molecule is C=C(C)C(=O)OCC[P+](C1CCCCC1)(C1CCCCC1)C1CCCCC1.[Cl-]. The second-order valence-electron chi connectivity index (χ2n) is 9.51. The van der Waals surface area contributed by atoms with E-state index in [1.54, 1.807) is 6.92 Å². The standard InChI is InChI=1S/C24H42O2P.ClH/c1-20(2)24(25)26-18-19-27(21-12-6-3-7-13-21,22-14-8-4-9-15-22)23-16-10-5-11-17-23;/h21-23H,1,3-19H2,2H3;1H/q+1;/p-1. The Morgan fingerprint density at radius 3 is 1.46 bits per heavy atom. The molecule has 3 aliphatic carbocycles. The first-order valence-corrected chi connectivity index (χ1v) is 14.0. The van der Waals surface area contributed by atoms with Gasteiger partial charge in [0.15, 0.2) is 0 Å². The molecule has 0 aliphatic heterocycles. The van der Waals surface area contributed by atoms with Crippen LogP contribution >= 0.6 is 7.26 Å². The van der Waals surface area contributed by atoms with Crippen molar-refractivity contribution >= 4 is 13.2 Å². The van der Waals surface area contributed by atoms with Gasteiger partial charge in [0.25, 0.3) is 0 Å². The third-order valence-electron chi connectivity index (χ3n) is 7.82. The Hall–Kier alpha value is -0.0700. The van der Waals surface area contributed by atoms with Crippen LogP contribution in [0.5, 0.6) is 0 Å². The molecule has 3 saturated carbocycles. The summed E-state index contributed by atoms with van der Waals surface area (Å²) in [5.41, 5.74) is 3.47. The summed E-state index contributed by atoms with van der Waals surface area (Å²) in [6, 6.07) is 0. The van der Waals surface area contributed by atoms with Gasteiger partial charge in [0.2, 0.25) is 0 Å². The number of hydrogen-bond donors (Lipinski definition) is 0. The lowest BCUT2D eigenvalue weighted by Crippen LogP contribution is -3.00. The molecule has 0 N–H and O–H groups in total. The smallest absolute Gasteiger partial charge is 0.333 e. The van der Waals surface area contributed by atoms with E-state index >= 15 is 0 Å². The minimum absolute atomic E-state index is 0. The number of carbonyl (C=O) groups excluding carboxylic acids is 1. The van der Waals surface area contributed by atoms with Crippen LogP contribution in [0.15, 0.2) is 12.2 Å². The highest BCUT2D eigenvalue weighted by molar-refractivity contribution is 7.77. The van der Waals surface area contributed by atoms with Crippen LogP contribution in [0.4, 0.5) is 0 Å². The predicted molar refractivity (Wildman–Crippen MR) is 118 cm³/mol. The first-order valence-electron chi connectivity index (χ1n) is 11.8. The van der Waals surface area contributed by atoms with E-state index in [2.05, 4.69) is 6.58 Å². The molecular formula is C24H42ClO2P. The van der Waals surface area contributed by atoms with E-state index in [0.717, 1.165) is 17.0 Å². The molecule has 0 aromatic carbocycles. The van der Waals surface area contributed by atoms with E-state index in [4.69, 9.17) is 4.74 Å². The van der Waals surface area contributed by atoms with Gasteiger partial charge in [0, 0.05) is 12.8 Å². The highest BCUT2D eigenvalue weighted by atomic mass is 35.5. The Morgan fingerprint density at radius 2 is 1.14 bits per heavy atom. The van der Waals surface area contributed by atoms with E-state index in [9.17, 15) is 4.79 Å². The summed E-state index contributed by atoms with van der Waals surface area (Å²) in [4.78, 5) is 12.0. The molecule has 0 saturated heterocycles. The normalized spacial score (nSPS) is 23.0. The van der Waals surface area contributed by atoms with Gasteiger partial charge >= 0.3 is 5.97 Å². The van der Waals surface area contributed by atoms with E-state index in [0.29, 0.717) is 12.2 Å². The van der Waals surface area contributed by atoms with Crippen molar-refractivity contribution in [1.29, 1.82) is 0 Å². The van der Waals surface area contributed by atoms with Crippen LogP contribution in [0.1, 0.15) is 103 Å². The maximum absolute atomic E-state index is 12.0. The monoisotopic (exact) mass is 428 g/mol. The first-order chi connectivity index (χ1) is 13.1. The number of hydrogen-bond acceptors (Lipinski definition) is 2. The molecule has 0 aromatic rings. The van der Waals surface area contributed by atoms with Crippen LogP contribution in [-0.2, 0) is 9.53 Å². The fraction of sp³-hybridized carbons (Fsp3) is 0.875. The fourth-order valence-electron chi connectivity index (χ4n) is 6.55. The van der Waals surface area contributed by atoms with Gasteiger partial charge in [-0.25, -0.2) is 4.79 Å². The van der Waals surface area contributed by atoms with Gasteiger partial charge in [-0.3, -0.25) is 0 Å². The minimum Gasteiger partial charge on any atom is -1.00 e. The topological polar surface area (TPSA) is 26.3 Å². The summed E-state index contributed by atoms with van der Waals surface area (Å²) in [6.45, 7) is 6.20. The summed E-state index contributed by atoms with van der Waals surface area (Å²) < 4.78 is 5.72. The minimum atomic E-state index is -1.12. The lowest BCUT2D eigenvalue weighted by Gasteiger charge is -2.49. The molecule has 3 aliphatic rings. The van der Waals surface area contributed by atoms with Gasteiger partial charge in [-0.15, -0.1) is 0 Å².